The highest BCUT2D eigenvalue weighted by molar-refractivity contribution is 5.77. The molecule has 210 valence electrons. The van der Waals surface area contributed by atoms with E-state index in [1.54, 1.807) is 30.9 Å². The summed E-state index contributed by atoms with van der Waals surface area (Å²) in [6, 6.07) is 8.37. The minimum absolute atomic E-state index is 0.291. The Hall–Kier alpha value is -4.38. The first-order valence-electron chi connectivity index (χ1n) is 14.0. The number of aromatic nitrogens is 7. The molecule has 0 bridgehead atoms. The largest absolute Gasteiger partial charge is 0.351 e. The second kappa shape index (κ2) is 9.62. The minimum Gasteiger partial charge on any atom is -0.351 e. The smallest absolute Gasteiger partial charge is 0.225 e. The molecule has 2 N–H and O–H groups in total. The predicted molar refractivity (Wildman–Crippen MR) is 155 cm³/mol. The Kier molecular flexibility index (Phi) is 6.00. The number of nitrogens with zero attached hydrogens (tertiary/aromatic N) is 9. The van der Waals surface area contributed by atoms with E-state index in [1.165, 1.54) is 25.0 Å². The zero-order valence-electron chi connectivity index (χ0n) is 23.3. The van der Waals surface area contributed by atoms with Gasteiger partial charge in [0, 0.05) is 74.2 Å². The van der Waals surface area contributed by atoms with Crippen molar-refractivity contribution in [2.45, 2.75) is 38.8 Å². The Balaban J connectivity index is 1.04. The van der Waals surface area contributed by atoms with Gasteiger partial charge in [0.1, 0.15) is 17.7 Å². The van der Waals surface area contributed by atoms with Gasteiger partial charge in [-0.15, -0.1) is 0 Å². The number of nitrogens with two attached hydrogens (primary N) is 1. The van der Waals surface area contributed by atoms with Crippen LogP contribution in [-0.4, -0.2) is 60.5 Å². The van der Waals surface area contributed by atoms with Gasteiger partial charge in [-0.1, -0.05) is 19.1 Å². The van der Waals surface area contributed by atoms with Crippen LogP contribution in [-0.2, 0) is 12.1 Å². The molecule has 1 atom stereocenters. The SMILES string of the molecule is CC1(Cn2cc(-c3cc4c(N5CCN(c6ncc([C@@](C)(N)c7ccc(F)cc7)cn6)CC5)ncnn4c3)cn2)CC1. The van der Waals surface area contributed by atoms with Gasteiger partial charge in [-0.05, 0) is 48.9 Å². The van der Waals surface area contributed by atoms with E-state index in [-0.39, 0.29) is 5.82 Å². The molecule has 5 heterocycles. The van der Waals surface area contributed by atoms with Crippen molar-refractivity contribution >= 4 is 17.3 Å². The summed E-state index contributed by atoms with van der Waals surface area (Å²) in [7, 11) is 0. The molecular weight excluding hydrogens is 519 g/mol. The van der Waals surface area contributed by atoms with Gasteiger partial charge in [0.05, 0.1) is 11.7 Å². The van der Waals surface area contributed by atoms with Gasteiger partial charge < -0.3 is 15.5 Å². The summed E-state index contributed by atoms with van der Waals surface area (Å²) in [5, 5.41) is 9.07. The number of anilines is 2. The Morgan fingerprint density at radius 3 is 2.29 bits per heavy atom. The average molecular weight is 553 g/mol. The maximum absolute atomic E-state index is 13.4. The first-order chi connectivity index (χ1) is 19.8. The fourth-order valence-electron chi connectivity index (χ4n) is 5.51. The molecule has 5 aromatic rings. The van der Waals surface area contributed by atoms with Crippen LogP contribution in [0.3, 0.4) is 0 Å². The molecule has 0 amide bonds. The van der Waals surface area contributed by atoms with E-state index in [1.807, 2.05) is 23.8 Å². The van der Waals surface area contributed by atoms with Gasteiger partial charge in [0.2, 0.25) is 5.95 Å². The summed E-state index contributed by atoms with van der Waals surface area (Å²) in [5.74, 6) is 1.29. The lowest BCUT2D eigenvalue weighted by Gasteiger charge is -2.35. The van der Waals surface area contributed by atoms with Crippen molar-refractivity contribution in [1.82, 2.24) is 34.3 Å². The van der Waals surface area contributed by atoms with Crippen LogP contribution in [0.25, 0.3) is 16.6 Å². The summed E-state index contributed by atoms with van der Waals surface area (Å²) in [6.45, 7) is 8.22. The zero-order valence-corrected chi connectivity index (χ0v) is 23.3. The highest BCUT2D eigenvalue weighted by Crippen LogP contribution is 2.46. The summed E-state index contributed by atoms with van der Waals surface area (Å²) >= 11 is 0. The van der Waals surface area contributed by atoms with E-state index in [0.717, 1.165) is 66.3 Å². The van der Waals surface area contributed by atoms with Gasteiger partial charge in [-0.25, -0.2) is 23.9 Å². The summed E-state index contributed by atoms with van der Waals surface area (Å²) in [4.78, 5) is 18.4. The van der Waals surface area contributed by atoms with E-state index in [9.17, 15) is 4.39 Å². The topological polar surface area (TPSA) is 106 Å². The van der Waals surface area contributed by atoms with Crippen LogP contribution >= 0.6 is 0 Å². The number of piperazine rings is 1. The number of rotatable bonds is 7. The molecule has 1 aliphatic carbocycles. The molecule has 7 rings (SSSR count). The summed E-state index contributed by atoms with van der Waals surface area (Å²) < 4.78 is 17.3. The molecule has 41 heavy (non-hydrogen) atoms. The lowest BCUT2D eigenvalue weighted by atomic mass is 9.87. The molecule has 1 aromatic carbocycles. The molecule has 1 aliphatic heterocycles. The molecule has 1 saturated carbocycles. The van der Waals surface area contributed by atoms with E-state index in [4.69, 9.17) is 5.73 Å². The standard InChI is InChI=1S/C30H33FN10/c1-29(7-8-29)19-40-17-22(14-36-40)21-13-26-27(35-20-37-41(26)18-21)38-9-11-39(12-10-38)28-33-15-24(16-34-28)30(2,32)23-3-5-25(31)6-4-23/h3-6,13-18,20H,7-12,19,32H2,1-2H3/t30-/m0/s1. The quantitative estimate of drug-likeness (QED) is 0.324. The maximum Gasteiger partial charge on any atom is 0.225 e. The molecule has 4 aromatic heterocycles. The zero-order chi connectivity index (χ0) is 28.2. The van der Waals surface area contributed by atoms with Crippen molar-refractivity contribution in [1.29, 1.82) is 0 Å². The maximum atomic E-state index is 13.4. The van der Waals surface area contributed by atoms with Crippen LogP contribution < -0.4 is 15.5 Å². The van der Waals surface area contributed by atoms with Gasteiger partial charge in [-0.2, -0.15) is 10.2 Å². The number of hydrogen-bond donors (Lipinski definition) is 1. The lowest BCUT2D eigenvalue weighted by Crippen LogP contribution is -2.47. The molecule has 1 saturated heterocycles. The van der Waals surface area contributed by atoms with Crippen molar-refractivity contribution in [3.63, 3.8) is 0 Å². The van der Waals surface area contributed by atoms with Gasteiger partial charge in [-0.3, -0.25) is 4.68 Å². The Morgan fingerprint density at radius 1 is 0.878 bits per heavy atom. The fourth-order valence-corrected chi connectivity index (χ4v) is 5.51. The number of fused-ring (bicyclic) bond motifs is 1. The summed E-state index contributed by atoms with van der Waals surface area (Å²) in [5.41, 5.74) is 10.9. The van der Waals surface area contributed by atoms with Crippen molar-refractivity contribution in [3.8, 4) is 11.1 Å². The predicted octanol–water partition coefficient (Wildman–Crippen LogP) is 3.87. The van der Waals surface area contributed by atoms with Crippen molar-refractivity contribution in [2.75, 3.05) is 36.0 Å². The van der Waals surface area contributed by atoms with Crippen molar-refractivity contribution < 1.29 is 4.39 Å². The molecule has 0 radical (unpaired) electrons. The first-order valence-corrected chi connectivity index (χ1v) is 14.0. The molecular formula is C30H33FN10. The molecule has 2 aliphatic rings. The van der Waals surface area contributed by atoms with E-state index in [0.29, 0.717) is 11.4 Å². The van der Waals surface area contributed by atoms with Crippen molar-refractivity contribution in [3.05, 3.63) is 84.6 Å². The lowest BCUT2D eigenvalue weighted by molar-refractivity contribution is 0.433. The fraction of sp³-hybridized carbons (Fsp3) is 0.367. The first kappa shape index (κ1) is 25.6. The van der Waals surface area contributed by atoms with E-state index < -0.39 is 5.54 Å². The van der Waals surface area contributed by atoms with Crippen LogP contribution in [0.15, 0.2) is 67.6 Å². The van der Waals surface area contributed by atoms with Crippen LogP contribution in [0.4, 0.5) is 16.2 Å². The second-order valence-corrected chi connectivity index (χ2v) is 11.8. The van der Waals surface area contributed by atoms with Crippen molar-refractivity contribution in [2.24, 2.45) is 11.1 Å². The third-order valence-corrected chi connectivity index (χ3v) is 8.54. The number of benzene rings is 1. The molecule has 2 fully saturated rings. The Labute approximate surface area is 237 Å². The monoisotopic (exact) mass is 552 g/mol. The molecule has 10 nitrogen and oxygen atoms in total. The van der Waals surface area contributed by atoms with Gasteiger partial charge in [0.25, 0.3) is 0 Å². The van der Waals surface area contributed by atoms with Crippen LogP contribution in [0.2, 0.25) is 0 Å². The molecule has 0 spiro atoms. The number of hydrogen-bond acceptors (Lipinski definition) is 8. The minimum atomic E-state index is -0.826. The average Bonchev–Trinajstić information content (AvgIpc) is 3.34. The Bertz CT molecular complexity index is 1680. The highest BCUT2D eigenvalue weighted by atomic mass is 19.1. The van der Waals surface area contributed by atoms with Gasteiger partial charge in [0.15, 0.2) is 5.82 Å². The summed E-state index contributed by atoms with van der Waals surface area (Å²) in [6.07, 6.45) is 13.8. The second-order valence-electron chi connectivity index (χ2n) is 11.8. The van der Waals surface area contributed by atoms with Crippen LogP contribution in [0.1, 0.15) is 37.8 Å². The third kappa shape index (κ3) is 4.90. The number of halogens is 1. The van der Waals surface area contributed by atoms with E-state index >= 15 is 0 Å². The Morgan fingerprint density at radius 2 is 1.59 bits per heavy atom. The van der Waals surface area contributed by atoms with Crippen LogP contribution in [0, 0.1) is 11.2 Å². The molecule has 0 unspecified atom stereocenters. The molecule has 11 heteroatoms. The van der Waals surface area contributed by atoms with E-state index in [2.05, 4.69) is 58.8 Å². The highest BCUT2D eigenvalue weighted by Gasteiger charge is 2.37. The van der Waals surface area contributed by atoms with Gasteiger partial charge >= 0.3 is 0 Å². The van der Waals surface area contributed by atoms with Crippen LogP contribution in [0.5, 0.6) is 0 Å². The third-order valence-electron chi connectivity index (χ3n) is 8.54. The normalized spacial score (nSPS) is 18.0.